The van der Waals surface area contributed by atoms with Gasteiger partial charge in [-0.1, -0.05) is 26.7 Å². The van der Waals surface area contributed by atoms with Gasteiger partial charge in [0.2, 0.25) is 0 Å². The highest BCUT2D eigenvalue weighted by atomic mass is 16.3. The Hall–Kier alpha value is -0.120. The molecule has 0 saturated heterocycles. The van der Waals surface area contributed by atoms with Gasteiger partial charge in [-0.3, -0.25) is 0 Å². The molecule has 0 aromatic heterocycles. The molecule has 19 heavy (non-hydrogen) atoms. The van der Waals surface area contributed by atoms with E-state index in [0.29, 0.717) is 12.6 Å². The Labute approximate surface area is 119 Å². The third kappa shape index (κ3) is 5.80. The van der Waals surface area contributed by atoms with Crippen molar-refractivity contribution in [2.75, 3.05) is 33.3 Å². The van der Waals surface area contributed by atoms with Crippen LogP contribution in [0.25, 0.3) is 0 Å². The van der Waals surface area contributed by atoms with Gasteiger partial charge in [-0.05, 0) is 51.1 Å². The van der Waals surface area contributed by atoms with E-state index >= 15 is 0 Å². The Bertz CT molecular complexity index is 223. The van der Waals surface area contributed by atoms with Crippen LogP contribution in [0.1, 0.15) is 52.4 Å². The maximum absolute atomic E-state index is 8.99. The molecule has 1 aliphatic carbocycles. The number of hydrogen-bond acceptors (Lipinski definition) is 3. The smallest absolute Gasteiger partial charge is 0.0443 e. The highest BCUT2D eigenvalue weighted by Crippen LogP contribution is 2.32. The monoisotopic (exact) mass is 270 g/mol. The molecule has 2 N–H and O–H groups in total. The van der Waals surface area contributed by atoms with Gasteiger partial charge in [0, 0.05) is 25.7 Å². The van der Waals surface area contributed by atoms with Crippen LogP contribution >= 0.6 is 0 Å². The second kappa shape index (κ2) is 9.73. The van der Waals surface area contributed by atoms with Crippen LogP contribution in [0.15, 0.2) is 0 Å². The fourth-order valence-electron chi connectivity index (χ4n) is 3.62. The molecule has 3 heteroatoms. The molecule has 0 aliphatic heterocycles. The van der Waals surface area contributed by atoms with Crippen molar-refractivity contribution in [3.8, 4) is 0 Å². The van der Waals surface area contributed by atoms with E-state index in [0.717, 1.165) is 31.3 Å². The molecule has 0 aromatic rings. The van der Waals surface area contributed by atoms with Gasteiger partial charge in [-0.15, -0.1) is 0 Å². The first kappa shape index (κ1) is 16.9. The molecule has 0 spiro atoms. The van der Waals surface area contributed by atoms with Gasteiger partial charge in [0.05, 0.1) is 0 Å². The topological polar surface area (TPSA) is 35.5 Å². The van der Waals surface area contributed by atoms with Crippen molar-refractivity contribution < 1.29 is 5.11 Å². The van der Waals surface area contributed by atoms with Crippen LogP contribution in [0.4, 0.5) is 0 Å². The van der Waals surface area contributed by atoms with Crippen LogP contribution in [-0.2, 0) is 0 Å². The Balaban J connectivity index is 2.48. The average molecular weight is 270 g/mol. The van der Waals surface area contributed by atoms with Gasteiger partial charge >= 0.3 is 0 Å². The lowest BCUT2D eigenvalue weighted by atomic mass is 9.76. The van der Waals surface area contributed by atoms with Gasteiger partial charge in [0.1, 0.15) is 0 Å². The Morgan fingerprint density at radius 2 is 2.05 bits per heavy atom. The fourth-order valence-corrected chi connectivity index (χ4v) is 3.62. The molecule has 1 fully saturated rings. The minimum Gasteiger partial charge on any atom is -0.396 e. The summed E-state index contributed by atoms with van der Waals surface area (Å²) < 4.78 is 0. The summed E-state index contributed by atoms with van der Waals surface area (Å²) in [6, 6.07) is 0.691. The normalized spacial score (nSPS) is 27.9. The highest BCUT2D eigenvalue weighted by molar-refractivity contribution is 4.85. The van der Waals surface area contributed by atoms with Gasteiger partial charge < -0.3 is 15.3 Å². The van der Waals surface area contributed by atoms with E-state index in [1.807, 2.05) is 0 Å². The van der Waals surface area contributed by atoms with E-state index in [9.17, 15) is 0 Å². The van der Waals surface area contributed by atoms with Crippen molar-refractivity contribution in [2.24, 2.45) is 11.8 Å². The van der Waals surface area contributed by atoms with Gasteiger partial charge in [0.25, 0.3) is 0 Å². The lowest BCUT2D eigenvalue weighted by molar-refractivity contribution is 0.136. The molecule has 0 aromatic carbocycles. The summed E-state index contributed by atoms with van der Waals surface area (Å²) in [5, 5.41) is 12.5. The third-order valence-electron chi connectivity index (χ3n) is 4.73. The Morgan fingerprint density at radius 3 is 2.63 bits per heavy atom. The summed E-state index contributed by atoms with van der Waals surface area (Å²) in [7, 11) is 2.11. The van der Waals surface area contributed by atoms with Crippen LogP contribution in [0.5, 0.6) is 0 Å². The van der Waals surface area contributed by atoms with Crippen molar-refractivity contribution in [3.63, 3.8) is 0 Å². The number of nitrogens with one attached hydrogen (secondary N) is 1. The second-order valence-corrected chi connectivity index (χ2v) is 6.09. The van der Waals surface area contributed by atoms with Crippen molar-refractivity contribution in [1.82, 2.24) is 10.2 Å². The molecule has 0 bridgehead atoms. The highest BCUT2D eigenvalue weighted by Gasteiger charge is 2.30. The third-order valence-corrected chi connectivity index (χ3v) is 4.73. The average Bonchev–Trinajstić information content (AvgIpc) is 2.44. The standard InChI is InChI=1S/C16H34N2O/c1-4-7-14-8-9-16(17-3)15(12-14)13-18(5-2)10-6-11-19/h14-17,19H,4-13H2,1-3H3. The maximum atomic E-state index is 8.99. The number of hydrogen-bond donors (Lipinski definition) is 2. The minimum atomic E-state index is 0.315. The molecule has 0 amide bonds. The molecule has 1 saturated carbocycles. The number of rotatable bonds is 9. The Morgan fingerprint density at radius 1 is 1.26 bits per heavy atom. The van der Waals surface area contributed by atoms with E-state index in [2.05, 4.69) is 31.1 Å². The predicted molar refractivity (Wildman–Crippen MR) is 82.4 cm³/mol. The Kier molecular flexibility index (Phi) is 8.67. The van der Waals surface area contributed by atoms with Crippen LogP contribution in [-0.4, -0.2) is 49.3 Å². The van der Waals surface area contributed by atoms with Crippen LogP contribution < -0.4 is 5.32 Å². The zero-order valence-corrected chi connectivity index (χ0v) is 13.2. The first-order chi connectivity index (χ1) is 9.24. The molecule has 1 aliphatic rings. The summed E-state index contributed by atoms with van der Waals surface area (Å²) in [5.41, 5.74) is 0. The molecule has 1 rings (SSSR count). The second-order valence-electron chi connectivity index (χ2n) is 6.09. The van der Waals surface area contributed by atoms with E-state index in [1.165, 1.54) is 38.6 Å². The molecule has 0 heterocycles. The molecular formula is C16H34N2O. The van der Waals surface area contributed by atoms with Crippen molar-refractivity contribution in [2.45, 2.75) is 58.4 Å². The lowest BCUT2D eigenvalue weighted by Gasteiger charge is -2.38. The number of aliphatic hydroxyl groups is 1. The number of aliphatic hydroxyl groups excluding tert-OH is 1. The van der Waals surface area contributed by atoms with Crippen molar-refractivity contribution >= 4 is 0 Å². The molecule has 3 unspecified atom stereocenters. The van der Waals surface area contributed by atoms with Crippen molar-refractivity contribution in [3.05, 3.63) is 0 Å². The largest absolute Gasteiger partial charge is 0.396 e. The minimum absolute atomic E-state index is 0.315. The van der Waals surface area contributed by atoms with Crippen LogP contribution in [0.3, 0.4) is 0 Å². The molecule has 0 radical (unpaired) electrons. The van der Waals surface area contributed by atoms with Gasteiger partial charge in [-0.25, -0.2) is 0 Å². The zero-order chi connectivity index (χ0) is 14.1. The SMILES string of the molecule is CCCC1CCC(NC)C(CN(CC)CCCO)C1. The predicted octanol–water partition coefficient (Wildman–Crippen LogP) is 2.50. The molecule has 114 valence electrons. The first-order valence-corrected chi connectivity index (χ1v) is 8.25. The van der Waals surface area contributed by atoms with Crippen LogP contribution in [0, 0.1) is 11.8 Å². The summed E-state index contributed by atoms with van der Waals surface area (Å²) >= 11 is 0. The summed E-state index contributed by atoms with van der Waals surface area (Å²) in [6.07, 6.45) is 7.75. The van der Waals surface area contributed by atoms with Gasteiger partial charge in [-0.2, -0.15) is 0 Å². The molecule has 3 atom stereocenters. The maximum Gasteiger partial charge on any atom is 0.0443 e. The molecule has 3 nitrogen and oxygen atoms in total. The van der Waals surface area contributed by atoms with Crippen LogP contribution in [0.2, 0.25) is 0 Å². The fraction of sp³-hybridized carbons (Fsp3) is 1.00. The molecular weight excluding hydrogens is 236 g/mol. The van der Waals surface area contributed by atoms with E-state index in [1.54, 1.807) is 0 Å². The lowest BCUT2D eigenvalue weighted by Crippen LogP contribution is -2.45. The summed E-state index contributed by atoms with van der Waals surface area (Å²) in [5.74, 6) is 1.73. The summed E-state index contributed by atoms with van der Waals surface area (Å²) in [4.78, 5) is 2.51. The quantitative estimate of drug-likeness (QED) is 0.676. The van der Waals surface area contributed by atoms with E-state index in [4.69, 9.17) is 5.11 Å². The number of nitrogens with zero attached hydrogens (tertiary/aromatic N) is 1. The first-order valence-electron chi connectivity index (χ1n) is 8.25. The van der Waals surface area contributed by atoms with Crippen molar-refractivity contribution in [1.29, 1.82) is 0 Å². The van der Waals surface area contributed by atoms with E-state index in [-0.39, 0.29) is 0 Å². The van der Waals surface area contributed by atoms with Gasteiger partial charge in [0.15, 0.2) is 0 Å². The van der Waals surface area contributed by atoms with E-state index < -0.39 is 0 Å². The summed E-state index contributed by atoms with van der Waals surface area (Å²) in [6.45, 7) is 8.19. The zero-order valence-electron chi connectivity index (χ0n) is 13.2.